The molecule has 2 fully saturated rings. The van der Waals surface area contributed by atoms with Crippen LogP contribution in [0.3, 0.4) is 0 Å². The van der Waals surface area contributed by atoms with Gasteiger partial charge in [0.15, 0.2) is 11.7 Å². The van der Waals surface area contributed by atoms with Crippen molar-refractivity contribution in [1.29, 1.82) is 0 Å². The molecule has 1 atom stereocenters. The lowest BCUT2D eigenvalue weighted by molar-refractivity contribution is -0.189. The number of aliphatic imine (C=N–C) groups is 1. The van der Waals surface area contributed by atoms with Crippen molar-refractivity contribution in [3.8, 4) is 0 Å². The molecule has 3 rings (SSSR count). The van der Waals surface area contributed by atoms with Crippen LogP contribution in [-0.2, 0) is 20.6 Å². The minimum Gasteiger partial charge on any atom is -0.469 e. The van der Waals surface area contributed by atoms with Crippen molar-refractivity contribution >= 4 is 29.9 Å². The molecule has 0 aromatic carbocycles. The van der Waals surface area contributed by atoms with Crippen molar-refractivity contribution in [1.82, 2.24) is 10.2 Å². The standard InChI is InChI=1S/C21H35N3O4.HI/c1-3-25-13-6-10-22-20(23-11-9-19-8-5-14-26-19)24-12-4-7-18(17-24)21(2)27-15-16-28-21;/h5,8,14,18H,3-4,6-7,9-13,15-17H2,1-2H3,(H,22,23);1H. The van der Waals surface area contributed by atoms with Gasteiger partial charge in [-0.3, -0.25) is 4.99 Å². The highest BCUT2D eigenvalue weighted by atomic mass is 127. The summed E-state index contributed by atoms with van der Waals surface area (Å²) in [7, 11) is 0. The number of nitrogens with zero attached hydrogens (tertiary/aromatic N) is 2. The zero-order chi connectivity index (χ0) is 19.7. The highest BCUT2D eigenvalue weighted by Gasteiger charge is 2.42. The molecule has 0 aliphatic carbocycles. The molecular formula is C21H36IN3O4. The average molecular weight is 521 g/mol. The molecule has 1 N–H and O–H groups in total. The summed E-state index contributed by atoms with van der Waals surface area (Å²) in [6.45, 7) is 10.4. The van der Waals surface area contributed by atoms with Crippen LogP contribution in [0.5, 0.6) is 0 Å². The molecule has 1 unspecified atom stereocenters. The number of guanidine groups is 1. The molecule has 0 amide bonds. The summed E-state index contributed by atoms with van der Waals surface area (Å²) in [6.07, 6.45) is 5.72. The van der Waals surface area contributed by atoms with E-state index in [4.69, 9.17) is 23.6 Å². The lowest BCUT2D eigenvalue weighted by Crippen LogP contribution is -2.52. The highest BCUT2D eigenvalue weighted by Crippen LogP contribution is 2.34. The molecular weight excluding hydrogens is 485 g/mol. The van der Waals surface area contributed by atoms with Crippen molar-refractivity contribution < 1.29 is 18.6 Å². The summed E-state index contributed by atoms with van der Waals surface area (Å²) in [5.41, 5.74) is 0. The van der Waals surface area contributed by atoms with E-state index >= 15 is 0 Å². The smallest absolute Gasteiger partial charge is 0.193 e. The first-order valence-corrected chi connectivity index (χ1v) is 10.6. The summed E-state index contributed by atoms with van der Waals surface area (Å²) in [6, 6.07) is 3.93. The van der Waals surface area contributed by atoms with Gasteiger partial charge < -0.3 is 28.8 Å². The van der Waals surface area contributed by atoms with Crippen LogP contribution in [0, 0.1) is 5.92 Å². The Bertz CT molecular complexity index is 591. The van der Waals surface area contributed by atoms with Crippen molar-refractivity contribution in [2.75, 3.05) is 52.6 Å². The Morgan fingerprint density at radius 2 is 2.21 bits per heavy atom. The fourth-order valence-corrected chi connectivity index (χ4v) is 3.88. The highest BCUT2D eigenvalue weighted by molar-refractivity contribution is 14.0. The number of halogens is 1. The zero-order valence-electron chi connectivity index (χ0n) is 17.7. The number of hydrogen-bond donors (Lipinski definition) is 1. The van der Waals surface area contributed by atoms with E-state index in [1.54, 1.807) is 6.26 Å². The first kappa shape index (κ1) is 24.4. The van der Waals surface area contributed by atoms with Gasteiger partial charge >= 0.3 is 0 Å². The van der Waals surface area contributed by atoms with Gasteiger partial charge in [0.25, 0.3) is 0 Å². The number of piperidine rings is 1. The van der Waals surface area contributed by atoms with Gasteiger partial charge in [0.2, 0.25) is 0 Å². The Hall–Kier alpha value is -0.840. The van der Waals surface area contributed by atoms with Gasteiger partial charge in [0.1, 0.15) is 5.76 Å². The summed E-state index contributed by atoms with van der Waals surface area (Å²) >= 11 is 0. The lowest BCUT2D eigenvalue weighted by atomic mass is 9.90. The molecule has 0 spiro atoms. The maximum Gasteiger partial charge on any atom is 0.193 e. The first-order chi connectivity index (χ1) is 13.7. The number of hydrogen-bond acceptors (Lipinski definition) is 5. The first-order valence-electron chi connectivity index (χ1n) is 10.6. The maximum atomic E-state index is 5.93. The van der Waals surface area contributed by atoms with Gasteiger partial charge in [0.05, 0.1) is 19.5 Å². The molecule has 0 saturated carbocycles. The second kappa shape index (κ2) is 12.8. The van der Waals surface area contributed by atoms with E-state index in [1.807, 2.05) is 19.1 Å². The summed E-state index contributed by atoms with van der Waals surface area (Å²) < 4.78 is 22.7. The molecule has 7 nitrogen and oxygen atoms in total. The Morgan fingerprint density at radius 1 is 1.38 bits per heavy atom. The van der Waals surface area contributed by atoms with E-state index in [0.717, 1.165) is 76.8 Å². The normalized spacial score (nSPS) is 21.8. The van der Waals surface area contributed by atoms with Gasteiger partial charge in [-0.05, 0) is 45.2 Å². The molecule has 8 heteroatoms. The van der Waals surface area contributed by atoms with Crippen molar-refractivity contribution in [3.05, 3.63) is 24.2 Å². The second-order valence-electron chi connectivity index (χ2n) is 7.51. The fourth-order valence-electron chi connectivity index (χ4n) is 3.88. The van der Waals surface area contributed by atoms with Crippen LogP contribution in [0.15, 0.2) is 27.8 Å². The Labute approximate surface area is 191 Å². The van der Waals surface area contributed by atoms with Crippen molar-refractivity contribution in [2.24, 2.45) is 10.9 Å². The number of likely N-dealkylation sites (tertiary alicyclic amines) is 1. The summed E-state index contributed by atoms with van der Waals surface area (Å²) in [4.78, 5) is 7.22. The minimum atomic E-state index is -0.465. The molecule has 29 heavy (non-hydrogen) atoms. The number of rotatable bonds is 9. The SMILES string of the molecule is CCOCCCN=C(NCCc1ccco1)N1CCCC(C2(C)OCCO2)C1.I. The number of ether oxygens (including phenoxy) is 3. The van der Waals surface area contributed by atoms with E-state index < -0.39 is 5.79 Å². The fraction of sp³-hybridized carbons (Fsp3) is 0.762. The minimum absolute atomic E-state index is 0. The van der Waals surface area contributed by atoms with Gasteiger partial charge in [0, 0.05) is 51.7 Å². The second-order valence-corrected chi connectivity index (χ2v) is 7.51. The van der Waals surface area contributed by atoms with E-state index in [9.17, 15) is 0 Å². The quantitative estimate of drug-likeness (QED) is 0.233. The van der Waals surface area contributed by atoms with Crippen LogP contribution in [0.2, 0.25) is 0 Å². The van der Waals surface area contributed by atoms with E-state index in [0.29, 0.717) is 19.1 Å². The molecule has 3 heterocycles. The molecule has 0 bridgehead atoms. The molecule has 1 aromatic rings. The lowest BCUT2D eigenvalue weighted by Gasteiger charge is -2.41. The predicted octanol–water partition coefficient (Wildman–Crippen LogP) is 3.29. The number of furan rings is 1. The monoisotopic (exact) mass is 521 g/mol. The third kappa shape index (κ3) is 7.41. The molecule has 0 radical (unpaired) electrons. The van der Waals surface area contributed by atoms with Gasteiger partial charge in [-0.1, -0.05) is 0 Å². The van der Waals surface area contributed by atoms with E-state index in [1.165, 1.54) is 0 Å². The Morgan fingerprint density at radius 3 is 2.93 bits per heavy atom. The third-order valence-corrected chi connectivity index (χ3v) is 5.47. The Kier molecular flexibility index (Phi) is 10.8. The van der Waals surface area contributed by atoms with Crippen molar-refractivity contribution in [2.45, 2.75) is 45.3 Å². The van der Waals surface area contributed by atoms with Crippen LogP contribution in [0.25, 0.3) is 0 Å². The topological polar surface area (TPSA) is 68.5 Å². The number of nitrogens with one attached hydrogen (secondary N) is 1. The van der Waals surface area contributed by atoms with Crippen LogP contribution in [0.4, 0.5) is 0 Å². The van der Waals surface area contributed by atoms with Crippen molar-refractivity contribution in [3.63, 3.8) is 0 Å². The van der Waals surface area contributed by atoms with Gasteiger partial charge in [-0.25, -0.2) is 0 Å². The summed E-state index contributed by atoms with van der Waals surface area (Å²) in [5, 5.41) is 3.54. The maximum absolute atomic E-state index is 5.93. The zero-order valence-corrected chi connectivity index (χ0v) is 20.1. The average Bonchev–Trinajstić information content (AvgIpc) is 3.39. The van der Waals surface area contributed by atoms with Crippen LogP contribution in [0.1, 0.15) is 38.9 Å². The third-order valence-electron chi connectivity index (χ3n) is 5.47. The molecule has 2 aliphatic heterocycles. The Balaban J connectivity index is 0.00000300. The van der Waals surface area contributed by atoms with Gasteiger partial charge in [-0.15, -0.1) is 24.0 Å². The predicted molar refractivity (Wildman–Crippen MR) is 124 cm³/mol. The molecule has 2 aliphatic rings. The van der Waals surface area contributed by atoms with Crippen LogP contribution in [-0.4, -0.2) is 69.3 Å². The molecule has 1 aromatic heterocycles. The summed E-state index contributed by atoms with van der Waals surface area (Å²) in [5.74, 6) is 1.84. The van der Waals surface area contributed by atoms with Crippen LogP contribution < -0.4 is 5.32 Å². The molecule has 166 valence electrons. The van der Waals surface area contributed by atoms with Crippen LogP contribution >= 0.6 is 24.0 Å². The largest absolute Gasteiger partial charge is 0.469 e. The van der Waals surface area contributed by atoms with E-state index in [-0.39, 0.29) is 24.0 Å². The van der Waals surface area contributed by atoms with E-state index in [2.05, 4.69) is 17.1 Å². The molecule has 2 saturated heterocycles. The van der Waals surface area contributed by atoms with Gasteiger partial charge in [-0.2, -0.15) is 0 Å².